The van der Waals surface area contributed by atoms with Gasteiger partial charge in [-0.1, -0.05) is 43.3 Å². The van der Waals surface area contributed by atoms with Crippen LogP contribution in [0.3, 0.4) is 0 Å². The molecule has 2 aromatic carbocycles. The van der Waals surface area contributed by atoms with Crippen LogP contribution < -0.4 is 5.73 Å². The zero-order valence-electron chi connectivity index (χ0n) is 12.3. The highest BCUT2D eigenvalue weighted by molar-refractivity contribution is 7.17. The third-order valence-electron chi connectivity index (χ3n) is 3.85. The zero-order valence-corrected chi connectivity index (χ0v) is 13.1. The van der Waals surface area contributed by atoms with E-state index in [4.69, 9.17) is 5.73 Å². The van der Waals surface area contributed by atoms with Gasteiger partial charge >= 0.3 is 0 Å². The number of nitrogens with two attached hydrogens (primary N) is 1. The van der Waals surface area contributed by atoms with Crippen LogP contribution in [0.4, 0.5) is 5.69 Å². The monoisotopic (exact) mass is 296 g/mol. The van der Waals surface area contributed by atoms with Crippen molar-refractivity contribution in [1.82, 2.24) is 4.90 Å². The Morgan fingerprint density at radius 1 is 0.952 bits per heavy atom. The second-order valence-electron chi connectivity index (χ2n) is 5.26. The minimum atomic E-state index is 0.881. The van der Waals surface area contributed by atoms with Gasteiger partial charge in [-0.05, 0) is 40.6 Å². The van der Waals surface area contributed by atoms with Crippen LogP contribution in [0.15, 0.2) is 53.9 Å². The van der Waals surface area contributed by atoms with Gasteiger partial charge < -0.3 is 5.73 Å². The van der Waals surface area contributed by atoms with Crippen molar-refractivity contribution in [3.63, 3.8) is 0 Å². The number of hydrogen-bond donors (Lipinski definition) is 1. The molecule has 21 heavy (non-hydrogen) atoms. The summed E-state index contributed by atoms with van der Waals surface area (Å²) in [6.45, 7) is 5.08. The Kier molecular flexibility index (Phi) is 4.23. The van der Waals surface area contributed by atoms with Crippen molar-refractivity contribution in [3.05, 3.63) is 65.0 Å². The maximum atomic E-state index is 6.06. The van der Waals surface area contributed by atoms with Crippen molar-refractivity contribution in [2.75, 3.05) is 12.3 Å². The van der Waals surface area contributed by atoms with E-state index in [1.54, 1.807) is 0 Å². The maximum Gasteiger partial charge on any atom is 0.0359 e. The highest BCUT2D eigenvalue weighted by atomic mass is 32.1. The quantitative estimate of drug-likeness (QED) is 0.702. The van der Waals surface area contributed by atoms with Crippen LogP contribution in [0.5, 0.6) is 0 Å². The molecule has 3 aromatic rings. The van der Waals surface area contributed by atoms with Crippen LogP contribution in [0, 0.1) is 0 Å². The molecular weight excluding hydrogens is 276 g/mol. The normalized spacial score (nSPS) is 11.3. The summed E-state index contributed by atoms with van der Waals surface area (Å²) >= 11 is 1.82. The Hall–Kier alpha value is -1.84. The molecule has 0 unspecified atom stereocenters. The molecule has 0 spiro atoms. The molecule has 0 aliphatic rings. The summed E-state index contributed by atoms with van der Waals surface area (Å²) in [5.74, 6) is 0. The topological polar surface area (TPSA) is 29.3 Å². The SMILES string of the molecule is CCN(Cc1ccccc1N)Cc1csc2ccccc12. The second-order valence-corrected chi connectivity index (χ2v) is 6.17. The average Bonchev–Trinajstić information content (AvgIpc) is 2.92. The highest BCUT2D eigenvalue weighted by Gasteiger charge is 2.10. The zero-order chi connectivity index (χ0) is 14.7. The molecule has 2 nitrogen and oxygen atoms in total. The van der Waals surface area contributed by atoms with Crippen LogP contribution in [0.1, 0.15) is 18.1 Å². The molecule has 0 aliphatic carbocycles. The molecule has 0 bridgehead atoms. The van der Waals surface area contributed by atoms with E-state index in [1.807, 2.05) is 23.5 Å². The summed E-state index contributed by atoms with van der Waals surface area (Å²) < 4.78 is 1.36. The molecule has 3 heteroatoms. The first-order valence-electron chi connectivity index (χ1n) is 7.28. The number of para-hydroxylation sites is 1. The van der Waals surface area contributed by atoms with E-state index in [0.29, 0.717) is 0 Å². The summed E-state index contributed by atoms with van der Waals surface area (Å²) in [7, 11) is 0. The highest BCUT2D eigenvalue weighted by Crippen LogP contribution is 2.27. The van der Waals surface area contributed by atoms with Crippen molar-refractivity contribution in [1.29, 1.82) is 0 Å². The van der Waals surface area contributed by atoms with Gasteiger partial charge in [0.1, 0.15) is 0 Å². The predicted molar refractivity (Wildman–Crippen MR) is 92.5 cm³/mol. The first-order valence-corrected chi connectivity index (χ1v) is 8.16. The summed E-state index contributed by atoms with van der Waals surface area (Å²) in [4.78, 5) is 2.43. The van der Waals surface area contributed by atoms with E-state index in [1.165, 1.54) is 21.2 Å². The van der Waals surface area contributed by atoms with E-state index in [2.05, 4.69) is 53.6 Å². The average molecular weight is 296 g/mol. The number of nitrogens with zero attached hydrogens (tertiary/aromatic N) is 1. The standard InChI is InChI=1S/C18H20N2S/c1-2-20(11-14-7-3-5-9-17(14)19)12-15-13-21-18-10-6-4-8-16(15)18/h3-10,13H,2,11-12,19H2,1H3. The third kappa shape index (κ3) is 3.09. The minimum absolute atomic E-state index is 0.881. The maximum absolute atomic E-state index is 6.06. The summed E-state index contributed by atoms with van der Waals surface area (Å²) in [6.07, 6.45) is 0. The van der Waals surface area contributed by atoms with E-state index >= 15 is 0 Å². The molecule has 1 aromatic heterocycles. The molecule has 0 saturated carbocycles. The van der Waals surface area contributed by atoms with Crippen LogP contribution >= 0.6 is 11.3 Å². The van der Waals surface area contributed by atoms with Crippen molar-refractivity contribution in [2.45, 2.75) is 20.0 Å². The van der Waals surface area contributed by atoms with E-state index < -0.39 is 0 Å². The number of fused-ring (bicyclic) bond motifs is 1. The van der Waals surface area contributed by atoms with Gasteiger partial charge in [-0.25, -0.2) is 0 Å². The largest absolute Gasteiger partial charge is 0.398 e. The van der Waals surface area contributed by atoms with Crippen molar-refractivity contribution in [3.8, 4) is 0 Å². The van der Waals surface area contributed by atoms with Crippen molar-refractivity contribution in [2.24, 2.45) is 0 Å². The lowest BCUT2D eigenvalue weighted by molar-refractivity contribution is 0.273. The van der Waals surface area contributed by atoms with Crippen LogP contribution in [-0.2, 0) is 13.1 Å². The van der Waals surface area contributed by atoms with Crippen LogP contribution in [-0.4, -0.2) is 11.4 Å². The lowest BCUT2D eigenvalue weighted by Crippen LogP contribution is -2.22. The fraction of sp³-hybridized carbons (Fsp3) is 0.222. The molecule has 0 fully saturated rings. The van der Waals surface area contributed by atoms with Gasteiger partial charge in [-0.15, -0.1) is 11.3 Å². The number of benzene rings is 2. The lowest BCUT2D eigenvalue weighted by Gasteiger charge is -2.21. The Balaban J connectivity index is 1.80. The van der Waals surface area contributed by atoms with Gasteiger partial charge in [0.2, 0.25) is 0 Å². The Morgan fingerprint density at radius 2 is 1.67 bits per heavy atom. The number of rotatable bonds is 5. The van der Waals surface area contributed by atoms with Gasteiger partial charge in [-0.2, -0.15) is 0 Å². The number of hydrogen-bond acceptors (Lipinski definition) is 3. The fourth-order valence-corrected chi connectivity index (χ4v) is 3.55. The van der Waals surface area contributed by atoms with E-state index in [0.717, 1.165) is 25.3 Å². The molecule has 0 saturated heterocycles. The summed E-state index contributed by atoms with van der Waals surface area (Å²) in [5, 5.41) is 3.66. The first-order chi connectivity index (χ1) is 10.3. The van der Waals surface area contributed by atoms with E-state index in [-0.39, 0.29) is 0 Å². The van der Waals surface area contributed by atoms with Crippen molar-refractivity contribution >= 4 is 27.1 Å². The Morgan fingerprint density at radius 3 is 2.48 bits per heavy atom. The predicted octanol–water partition coefficient (Wildman–Crippen LogP) is 4.51. The second kappa shape index (κ2) is 6.29. The van der Waals surface area contributed by atoms with Gasteiger partial charge in [0.15, 0.2) is 0 Å². The molecule has 0 aliphatic heterocycles. The van der Waals surface area contributed by atoms with Gasteiger partial charge in [0.25, 0.3) is 0 Å². The van der Waals surface area contributed by atoms with Crippen LogP contribution in [0.2, 0.25) is 0 Å². The number of anilines is 1. The van der Waals surface area contributed by atoms with Gasteiger partial charge in [0, 0.05) is 23.5 Å². The molecule has 108 valence electrons. The fourth-order valence-electron chi connectivity index (χ4n) is 2.59. The Labute approximate surface area is 129 Å². The van der Waals surface area contributed by atoms with Crippen LogP contribution in [0.25, 0.3) is 10.1 Å². The smallest absolute Gasteiger partial charge is 0.0359 e. The molecule has 3 rings (SSSR count). The van der Waals surface area contributed by atoms with E-state index in [9.17, 15) is 0 Å². The number of nitrogen functional groups attached to an aromatic ring is 1. The van der Waals surface area contributed by atoms with Gasteiger partial charge in [-0.3, -0.25) is 4.90 Å². The third-order valence-corrected chi connectivity index (χ3v) is 4.86. The summed E-state index contributed by atoms with van der Waals surface area (Å²) in [6, 6.07) is 16.8. The molecular formula is C18H20N2S. The summed E-state index contributed by atoms with van der Waals surface area (Å²) in [5.41, 5.74) is 9.56. The number of thiophene rings is 1. The lowest BCUT2D eigenvalue weighted by atomic mass is 10.1. The first kappa shape index (κ1) is 14.1. The molecule has 0 atom stereocenters. The van der Waals surface area contributed by atoms with Crippen molar-refractivity contribution < 1.29 is 0 Å². The minimum Gasteiger partial charge on any atom is -0.398 e. The molecule has 2 N–H and O–H groups in total. The molecule has 0 amide bonds. The molecule has 0 radical (unpaired) electrons. The Bertz CT molecular complexity index is 733. The van der Waals surface area contributed by atoms with Gasteiger partial charge in [0.05, 0.1) is 0 Å². The molecule has 1 heterocycles.